The first kappa shape index (κ1) is 29.5. The molecule has 11 heteroatoms. The van der Waals surface area contributed by atoms with Gasteiger partial charge in [0.05, 0.1) is 53.2 Å². The fraction of sp³-hybridized carbons (Fsp3) is 0.257. The van der Waals surface area contributed by atoms with E-state index in [2.05, 4.69) is 9.88 Å². The molecule has 2 saturated heterocycles. The molecule has 1 N–H and O–H groups in total. The molecule has 9 nitrogen and oxygen atoms in total. The molecule has 0 spiro atoms. The number of nitriles is 1. The molecular weight excluding hydrogens is 592 g/mol. The van der Waals surface area contributed by atoms with E-state index in [0.717, 1.165) is 19.0 Å². The van der Waals surface area contributed by atoms with Gasteiger partial charge in [-0.25, -0.2) is 23.5 Å². The van der Waals surface area contributed by atoms with Crippen molar-refractivity contribution in [3.63, 3.8) is 0 Å². The molecule has 3 aromatic carbocycles. The smallest absolute Gasteiger partial charge is 0.335 e. The highest BCUT2D eigenvalue weighted by atomic mass is 19.1. The minimum atomic E-state index is -1.01. The highest BCUT2D eigenvalue weighted by Crippen LogP contribution is 2.30. The number of hydrogen-bond acceptors (Lipinski definition) is 7. The maximum absolute atomic E-state index is 15.7. The van der Waals surface area contributed by atoms with Crippen LogP contribution < -0.4 is 4.74 Å². The van der Waals surface area contributed by atoms with E-state index < -0.39 is 17.6 Å². The third-order valence-electron chi connectivity index (χ3n) is 8.73. The minimum absolute atomic E-state index is 0.0801. The number of imidazole rings is 1. The van der Waals surface area contributed by atoms with Gasteiger partial charge >= 0.3 is 5.97 Å². The van der Waals surface area contributed by atoms with Gasteiger partial charge in [0, 0.05) is 42.7 Å². The number of likely N-dealkylation sites (tertiary alicyclic amines) is 1. The summed E-state index contributed by atoms with van der Waals surface area (Å²) in [6.07, 6.45) is 1.23. The number of pyridine rings is 1. The first-order valence-corrected chi connectivity index (χ1v) is 15.0. The number of benzene rings is 3. The number of rotatable bonds is 10. The summed E-state index contributed by atoms with van der Waals surface area (Å²) in [5.41, 5.74) is 3.54. The number of hydrogen-bond donors (Lipinski definition) is 1. The Kier molecular flexibility index (Phi) is 7.90. The van der Waals surface area contributed by atoms with E-state index >= 15 is 4.39 Å². The number of nitrogens with zero attached hydrogens (tertiary/aromatic N) is 5. The SMILES string of the molecule is N#Cc1ccc(COc2cccc(-c3ccc(Cc4nc5ccc(C(=O)O)cc5n4CC4CCN4C4COC4)c(F)c3)n2)c(F)c1. The fourth-order valence-corrected chi connectivity index (χ4v) is 5.97. The van der Waals surface area contributed by atoms with E-state index in [1.807, 2.05) is 10.6 Å². The molecule has 7 rings (SSSR count). The molecule has 0 amide bonds. The molecule has 0 aliphatic carbocycles. The maximum Gasteiger partial charge on any atom is 0.335 e. The predicted molar refractivity (Wildman–Crippen MR) is 164 cm³/mol. The molecule has 46 heavy (non-hydrogen) atoms. The van der Waals surface area contributed by atoms with Crippen molar-refractivity contribution in [2.75, 3.05) is 19.8 Å². The number of aromatic nitrogens is 3. The van der Waals surface area contributed by atoms with E-state index in [4.69, 9.17) is 19.7 Å². The van der Waals surface area contributed by atoms with Gasteiger partial charge in [-0.3, -0.25) is 4.90 Å². The second kappa shape index (κ2) is 12.3. The van der Waals surface area contributed by atoms with Crippen LogP contribution in [0.3, 0.4) is 0 Å². The van der Waals surface area contributed by atoms with Crippen LogP contribution in [0.25, 0.3) is 22.3 Å². The Hall–Kier alpha value is -5.18. The monoisotopic (exact) mass is 621 g/mol. The van der Waals surface area contributed by atoms with Crippen LogP contribution >= 0.6 is 0 Å². The number of carboxylic acids is 1. The van der Waals surface area contributed by atoms with Gasteiger partial charge in [0.25, 0.3) is 0 Å². The van der Waals surface area contributed by atoms with Gasteiger partial charge < -0.3 is 19.1 Å². The largest absolute Gasteiger partial charge is 0.478 e. The van der Waals surface area contributed by atoms with E-state index in [1.54, 1.807) is 42.5 Å². The number of halogens is 2. The third kappa shape index (κ3) is 5.80. The average Bonchev–Trinajstić information content (AvgIpc) is 3.37. The van der Waals surface area contributed by atoms with Crippen LogP contribution in [0.1, 0.15) is 39.3 Å². The average molecular weight is 622 g/mol. The summed E-state index contributed by atoms with van der Waals surface area (Å²) in [5, 5.41) is 18.6. The lowest BCUT2D eigenvalue weighted by atomic mass is 9.98. The summed E-state index contributed by atoms with van der Waals surface area (Å²) in [6.45, 7) is 2.96. The van der Waals surface area contributed by atoms with Crippen LogP contribution in [0.4, 0.5) is 8.78 Å². The van der Waals surface area contributed by atoms with Crippen molar-refractivity contribution in [2.24, 2.45) is 0 Å². The highest BCUT2D eigenvalue weighted by Gasteiger charge is 2.38. The fourth-order valence-electron chi connectivity index (χ4n) is 5.97. The zero-order valence-corrected chi connectivity index (χ0v) is 24.7. The van der Waals surface area contributed by atoms with Crippen molar-refractivity contribution < 1.29 is 28.2 Å². The molecule has 0 bridgehead atoms. The van der Waals surface area contributed by atoms with E-state index in [9.17, 15) is 14.3 Å². The molecule has 4 heterocycles. The molecule has 232 valence electrons. The first-order valence-electron chi connectivity index (χ1n) is 15.0. The van der Waals surface area contributed by atoms with Crippen LogP contribution in [0.15, 0.2) is 72.8 Å². The first-order chi connectivity index (χ1) is 22.4. The van der Waals surface area contributed by atoms with E-state index in [-0.39, 0.29) is 41.6 Å². The third-order valence-corrected chi connectivity index (χ3v) is 8.73. The summed E-state index contributed by atoms with van der Waals surface area (Å²) in [4.78, 5) is 23.4. The van der Waals surface area contributed by atoms with Crippen molar-refractivity contribution in [3.8, 4) is 23.2 Å². The summed E-state index contributed by atoms with van der Waals surface area (Å²) >= 11 is 0. The lowest BCUT2D eigenvalue weighted by Crippen LogP contribution is -2.61. The van der Waals surface area contributed by atoms with Crippen molar-refractivity contribution in [1.82, 2.24) is 19.4 Å². The van der Waals surface area contributed by atoms with Gasteiger partial charge in [-0.15, -0.1) is 0 Å². The molecule has 5 aromatic rings. The van der Waals surface area contributed by atoms with Crippen LogP contribution in [0, 0.1) is 23.0 Å². The lowest BCUT2D eigenvalue weighted by Gasteiger charge is -2.49. The summed E-state index contributed by atoms with van der Waals surface area (Å²) < 4.78 is 43.1. The Bertz CT molecular complexity index is 2000. The Morgan fingerprint density at radius 3 is 2.54 bits per heavy atom. The topological polar surface area (TPSA) is 113 Å². The van der Waals surface area contributed by atoms with Crippen molar-refractivity contribution in [2.45, 2.75) is 38.1 Å². The van der Waals surface area contributed by atoms with Crippen molar-refractivity contribution in [3.05, 3.63) is 113 Å². The zero-order valence-electron chi connectivity index (χ0n) is 24.7. The Labute approximate surface area is 263 Å². The van der Waals surface area contributed by atoms with Gasteiger partial charge in [0.2, 0.25) is 5.88 Å². The van der Waals surface area contributed by atoms with Crippen LogP contribution in [0.5, 0.6) is 5.88 Å². The quantitative estimate of drug-likeness (QED) is 0.215. The van der Waals surface area contributed by atoms with Crippen molar-refractivity contribution in [1.29, 1.82) is 5.26 Å². The molecular formula is C35H29F2N5O4. The summed E-state index contributed by atoms with van der Waals surface area (Å²) in [5.74, 6) is -1.07. The molecule has 2 aliphatic heterocycles. The number of ether oxygens (including phenoxy) is 2. The van der Waals surface area contributed by atoms with Gasteiger partial charge in [0.1, 0.15) is 24.1 Å². The summed E-state index contributed by atoms with van der Waals surface area (Å²) in [6, 6.07) is 21.6. The van der Waals surface area contributed by atoms with Crippen LogP contribution in [-0.4, -0.2) is 62.4 Å². The van der Waals surface area contributed by atoms with Crippen LogP contribution in [-0.2, 0) is 24.3 Å². The second-order valence-corrected chi connectivity index (χ2v) is 11.6. The van der Waals surface area contributed by atoms with E-state index in [1.165, 1.54) is 24.3 Å². The molecule has 2 aromatic heterocycles. The normalized spacial score (nSPS) is 16.5. The van der Waals surface area contributed by atoms with Crippen molar-refractivity contribution >= 4 is 17.0 Å². The predicted octanol–water partition coefficient (Wildman–Crippen LogP) is 5.59. The second-order valence-electron chi connectivity index (χ2n) is 11.6. The molecule has 0 radical (unpaired) electrons. The van der Waals surface area contributed by atoms with Gasteiger partial charge in [0.15, 0.2) is 0 Å². The molecule has 0 saturated carbocycles. The molecule has 1 atom stereocenters. The number of fused-ring (bicyclic) bond motifs is 1. The highest BCUT2D eigenvalue weighted by molar-refractivity contribution is 5.92. The Morgan fingerprint density at radius 2 is 1.85 bits per heavy atom. The number of carbonyl (C=O) groups is 1. The standard InChI is InChI=1S/C35H29F2N5O4/c36-28-12-21(16-38)4-5-25(28)18-46-34-3-1-2-30(40-34)23-7-6-22(29(37)13-23)15-33-39-31-9-8-24(35(43)44)14-32(31)42(33)17-26-10-11-41(26)27-19-45-20-27/h1-9,12-14,26-27H,10-11,15,17-20H2,(H,43,44). The van der Waals surface area contributed by atoms with Crippen LogP contribution in [0.2, 0.25) is 0 Å². The Balaban J connectivity index is 1.12. The lowest BCUT2D eigenvalue weighted by molar-refractivity contribution is -0.111. The number of carboxylic acid groups (broad SMARTS) is 1. The van der Waals surface area contributed by atoms with Gasteiger partial charge in [-0.2, -0.15) is 5.26 Å². The zero-order chi connectivity index (χ0) is 31.8. The molecule has 2 aliphatic rings. The molecule has 2 fully saturated rings. The van der Waals surface area contributed by atoms with Gasteiger partial charge in [-0.1, -0.05) is 24.3 Å². The van der Waals surface area contributed by atoms with E-state index in [0.29, 0.717) is 59.5 Å². The van der Waals surface area contributed by atoms with Gasteiger partial charge in [-0.05, 0) is 54.4 Å². The summed E-state index contributed by atoms with van der Waals surface area (Å²) in [7, 11) is 0. The Morgan fingerprint density at radius 1 is 1.02 bits per heavy atom. The number of aromatic carboxylic acids is 1. The minimum Gasteiger partial charge on any atom is -0.478 e. The maximum atomic E-state index is 15.7. The molecule has 1 unspecified atom stereocenters.